The minimum Gasteiger partial charge on any atom is -0.447 e. The molecule has 0 atom stereocenters. The highest BCUT2D eigenvalue weighted by Gasteiger charge is 2.23. The number of nitrogens with one attached hydrogen (secondary N) is 1. The van der Waals surface area contributed by atoms with Crippen molar-refractivity contribution in [3.8, 4) is 0 Å². The monoisotopic (exact) mass is 367 g/mol. The zero-order valence-corrected chi connectivity index (χ0v) is 13.9. The van der Waals surface area contributed by atoms with Gasteiger partial charge in [-0.05, 0) is 24.3 Å². The lowest BCUT2D eigenvalue weighted by molar-refractivity contribution is 0.102. The summed E-state index contributed by atoms with van der Waals surface area (Å²) in [7, 11) is -3.83. The number of anilines is 2. The van der Waals surface area contributed by atoms with Gasteiger partial charge in [0, 0.05) is 16.8 Å². The van der Waals surface area contributed by atoms with Crippen molar-refractivity contribution in [1.82, 2.24) is 0 Å². The maximum Gasteiger partial charge on any atom is 0.414 e. The molecule has 3 rings (SSSR count). The molecule has 0 radical (unpaired) electrons. The van der Waals surface area contributed by atoms with E-state index in [0.29, 0.717) is 24.5 Å². The van der Waals surface area contributed by atoms with Crippen molar-refractivity contribution >= 4 is 44.7 Å². The number of thiophene rings is 1. The third-order valence-corrected chi connectivity index (χ3v) is 5.68. The van der Waals surface area contributed by atoms with Gasteiger partial charge in [-0.25, -0.2) is 18.4 Å². The number of nitrogens with zero attached hydrogens (tertiary/aromatic N) is 1. The van der Waals surface area contributed by atoms with Crippen molar-refractivity contribution in [1.29, 1.82) is 0 Å². The van der Waals surface area contributed by atoms with Gasteiger partial charge in [0.2, 0.25) is 10.0 Å². The first-order valence-electron chi connectivity index (χ1n) is 6.81. The van der Waals surface area contributed by atoms with E-state index in [9.17, 15) is 18.0 Å². The highest BCUT2D eigenvalue weighted by atomic mass is 32.2. The summed E-state index contributed by atoms with van der Waals surface area (Å²) in [6, 6.07) is 7.94. The average molecular weight is 367 g/mol. The molecule has 1 aliphatic heterocycles. The van der Waals surface area contributed by atoms with Crippen LogP contribution in [0.3, 0.4) is 0 Å². The van der Waals surface area contributed by atoms with E-state index < -0.39 is 22.0 Å². The molecule has 2 aromatic rings. The summed E-state index contributed by atoms with van der Waals surface area (Å²) in [4.78, 5) is 25.2. The first-order valence-corrected chi connectivity index (χ1v) is 9.24. The molecule has 1 aliphatic rings. The SMILES string of the molecule is NS(=O)(=O)c1cc(C(=O)Nc2cccc(N3CCOC3=O)c2)cs1. The van der Waals surface area contributed by atoms with Gasteiger partial charge in [-0.3, -0.25) is 9.69 Å². The predicted octanol–water partition coefficient (Wildman–Crippen LogP) is 1.60. The highest BCUT2D eigenvalue weighted by molar-refractivity contribution is 7.91. The fraction of sp³-hybridized carbons (Fsp3) is 0.143. The van der Waals surface area contributed by atoms with Crippen LogP contribution >= 0.6 is 11.3 Å². The van der Waals surface area contributed by atoms with E-state index in [1.807, 2.05) is 0 Å². The maximum atomic E-state index is 12.2. The summed E-state index contributed by atoms with van der Waals surface area (Å²) in [6.45, 7) is 0.763. The van der Waals surface area contributed by atoms with Gasteiger partial charge in [-0.15, -0.1) is 11.3 Å². The van der Waals surface area contributed by atoms with Crippen LogP contribution in [0.5, 0.6) is 0 Å². The van der Waals surface area contributed by atoms with Gasteiger partial charge >= 0.3 is 6.09 Å². The van der Waals surface area contributed by atoms with Crippen LogP contribution in [0.25, 0.3) is 0 Å². The lowest BCUT2D eigenvalue weighted by atomic mass is 10.2. The molecule has 2 amide bonds. The number of amides is 2. The summed E-state index contributed by atoms with van der Waals surface area (Å²) >= 11 is 0.876. The number of cyclic esters (lactones) is 1. The summed E-state index contributed by atoms with van der Waals surface area (Å²) in [5.41, 5.74) is 1.27. The van der Waals surface area contributed by atoms with Crippen molar-refractivity contribution < 1.29 is 22.7 Å². The molecule has 0 unspecified atom stereocenters. The Hall–Kier alpha value is -2.43. The summed E-state index contributed by atoms with van der Waals surface area (Å²) in [5, 5.41) is 9.10. The number of primary sulfonamides is 1. The number of carbonyl (C=O) groups is 2. The molecule has 8 nitrogen and oxygen atoms in total. The van der Waals surface area contributed by atoms with E-state index in [1.165, 1.54) is 16.3 Å². The quantitative estimate of drug-likeness (QED) is 0.851. The number of ether oxygens (including phenoxy) is 1. The van der Waals surface area contributed by atoms with Crippen molar-refractivity contribution in [2.24, 2.45) is 5.14 Å². The maximum absolute atomic E-state index is 12.2. The van der Waals surface area contributed by atoms with Gasteiger partial charge < -0.3 is 10.1 Å². The molecule has 0 spiro atoms. The Morgan fingerprint density at radius 2 is 2.12 bits per heavy atom. The van der Waals surface area contributed by atoms with Gasteiger partial charge in [0.1, 0.15) is 10.8 Å². The van der Waals surface area contributed by atoms with Gasteiger partial charge in [-0.1, -0.05) is 6.07 Å². The van der Waals surface area contributed by atoms with Crippen LogP contribution in [-0.4, -0.2) is 33.6 Å². The normalized spacial score (nSPS) is 14.5. The Bertz CT molecular complexity index is 907. The summed E-state index contributed by atoms with van der Waals surface area (Å²) in [6.07, 6.45) is -0.436. The first-order chi connectivity index (χ1) is 11.3. The zero-order valence-electron chi connectivity index (χ0n) is 12.3. The lowest BCUT2D eigenvalue weighted by Crippen LogP contribution is -2.23. The number of carbonyl (C=O) groups excluding carboxylic acids is 2. The van der Waals surface area contributed by atoms with Crippen LogP contribution in [0.4, 0.5) is 16.2 Å². The van der Waals surface area contributed by atoms with Crippen LogP contribution in [0, 0.1) is 0 Å². The van der Waals surface area contributed by atoms with Crippen LogP contribution in [-0.2, 0) is 14.8 Å². The largest absolute Gasteiger partial charge is 0.447 e. The third-order valence-electron chi connectivity index (χ3n) is 3.29. The fourth-order valence-electron chi connectivity index (χ4n) is 2.17. The van der Waals surface area contributed by atoms with Crippen LogP contribution in [0.2, 0.25) is 0 Å². The molecule has 0 aliphatic carbocycles. The third kappa shape index (κ3) is 3.40. The number of nitrogens with two attached hydrogens (primary N) is 1. The molecule has 10 heteroatoms. The number of hydrogen-bond acceptors (Lipinski definition) is 6. The molecular weight excluding hydrogens is 354 g/mol. The minimum atomic E-state index is -3.83. The molecular formula is C14H13N3O5S2. The Kier molecular flexibility index (Phi) is 4.26. The van der Waals surface area contributed by atoms with E-state index in [-0.39, 0.29) is 9.77 Å². The van der Waals surface area contributed by atoms with Crippen molar-refractivity contribution in [2.45, 2.75) is 4.21 Å². The first kappa shape index (κ1) is 16.4. The fourth-order valence-corrected chi connectivity index (χ4v) is 3.75. The second-order valence-corrected chi connectivity index (χ2v) is 7.67. The van der Waals surface area contributed by atoms with Crippen molar-refractivity contribution in [2.75, 3.05) is 23.4 Å². The van der Waals surface area contributed by atoms with E-state index in [2.05, 4.69) is 5.32 Å². The second kappa shape index (κ2) is 6.23. The molecule has 1 saturated heterocycles. The average Bonchev–Trinajstić information content (AvgIpc) is 3.15. The molecule has 0 saturated carbocycles. The van der Waals surface area contributed by atoms with E-state index in [1.54, 1.807) is 24.3 Å². The Morgan fingerprint density at radius 1 is 1.33 bits per heavy atom. The van der Waals surface area contributed by atoms with E-state index in [0.717, 1.165) is 11.3 Å². The van der Waals surface area contributed by atoms with Crippen LogP contribution < -0.4 is 15.4 Å². The Balaban J connectivity index is 1.77. The molecule has 24 heavy (non-hydrogen) atoms. The molecule has 1 aromatic heterocycles. The summed E-state index contributed by atoms with van der Waals surface area (Å²) < 4.78 is 27.3. The van der Waals surface area contributed by atoms with Gasteiger partial charge in [0.15, 0.2) is 0 Å². The molecule has 126 valence electrons. The van der Waals surface area contributed by atoms with Crippen molar-refractivity contribution in [3.05, 3.63) is 41.3 Å². The molecule has 0 bridgehead atoms. The van der Waals surface area contributed by atoms with Gasteiger partial charge in [-0.2, -0.15) is 0 Å². The molecule has 1 aromatic carbocycles. The van der Waals surface area contributed by atoms with E-state index >= 15 is 0 Å². The molecule has 1 fully saturated rings. The highest BCUT2D eigenvalue weighted by Crippen LogP contribution is 2.24. The lowest BCUT2D eigenvalue weighted by Gasteiger charge is -2.14. The van der Waals surface area contributed by atoms with Gasteiger partial charge in [0.05, 0.1) is 12.1 Å². The Morgan fingerprint density at radius 3 is 2.75 bits per heavy atom. The number of rotatable bonds is 4. The second-order valence-electron chi connectivity index (χ2n) is 4.97. The smallest absolute Gasteiger partial charge is 0.414 e. The van der Waals surface area contributed by atoms with Crippen LogP contribution in [0.1, 0.15) is 10.4 Å². The van der Waals surface area contributed by atoms with Gasteiger partial charge in [0.25, 0.3) is 5.91 Å². The van der Waals surface area contributed by atoms with Crippen molar-refractivity contribution in [3.63, 3.8) is 0 Å². The minimum absolute atomic E-state index is 0.0822. The number of sulfonamides is 1. The number of benzene rings is 1. The zero-order chi connectivity index (χ0) is 17.3. The van der Waals surface area contributed by atoms with Crippen LogP contribution in [0.15, 0.2) is 39.9 Å². The van der Waals surface area contributed by atoms with E-state index in [4.69, 9.17) is 9.88 Å². The predicted molar refractivity (Wildman–Crippen MR) is 88.8 cm³/mol. The standard InChI is InChI=1S/C14H13N3O5S2/c15-24(20,21)12-6-9(8-23-12)13(18)16-10-2-1-3-11(7-10)17-4-5-22-14(17)19/h1-3,6-8H,4-5H2,(H,16,18)(H2,15,20,21). The molecule has 2 heterocycles. The summed E-state index contributed by atoms with van der Waals surface area (Å²) in [5.74, 6) is -0.470. The topological polar surface area (TPSA) is 119 Å². The molecule has 3 N–H and O–H groups in total. The number of hydrogen-bond donors (Lipinski definition) is 2. The Labute approximate surface area is 141 Å².